The van der Waals surface area contributed by atoms with E-state index in [1.165, 1.54) is 24.3 Å². The molecule has 0 aliphatic carbocycles. The van der Waals surface area contributed by atoms with Crippen LogP contribution in [0.3, 0.4) is 0 Å². The van der Waals surface area contributed by atoms with E-state index < -0.39 is 17.6 Å². The van der Waals surface area contributed by atoms with E-state index >= 15 is 0 Å². The maximum absolute atomic E-state index is 12.8. The second-order valence-electron chi connectivity index (χ2n) is 3.33. The molecule has 0 aliphatic rings. The molecule has 2 rings (SSSR count). The summed E-state index contributed by atoms with van der Waals surface area (Å²) < 4.78 is 39.0. The highest BCUT2D eigenvalue weighted by Gasteiger charge is 2.39. The van der Waals surface area contributed by atoms with E-state index in [4.69, 9.17) is 11.6 Å². The monoisotopic (exact) mass is 275 g/mol. The number of carbonyl (C=O) groups is 1. The first-order valence-electron chi connectivity index (χ1n) is 4.67. The smallest absolute Gasteiger partial charge is 0.296 e. The predicted molar refractivity (Wildman–Crippen MR) is 56.8 cm³/mol. The Labute approximate surface area is 104 Å². The third-order valence-electron chi connectivity index (χ3n) is 2.15. The van der Waals surface area contributed by atoms with Gasteiger partial charge in [0.2, 0.25) is 0 Å². The van der Waals surface area contributed by atoms with Gasteiger partial charge in [-0.2, -0.15) is 13.2 Å². The molecule has 1 aromatic carbocycles. The Morgan fingerprint density at radius 1 is 1.22 bits per heavy atom. The van der Waals surface area contributed by atoms with Gasteiger partial charge in [-0.15, -0.1) is 5.10 Å². The van der Waals surface area contributed by atoms with Crippen LogP contribution in [0.2, 0.25) is 5.02 Å². The second kappa shape index (κ2) is 4.41. The van der Waals surface area contributed by atoms with Gasteiger partial charge in [-0.05, 0) is 24.3 Å². The van der Waals surface area contributed by atoms with Gasteiger partial charge >= 0.3 is 6.18 Å². The molecule has 2 aromatic rings. The van der Waals surface area contributed by atoms with E-state index in [1.807, 2.05) is 0 Å². The summed E-state index contributed by atoms with van der Waals surface area (Å²) in [5.74, 6) is 0. The standard InChI is InChI=1S/C10H5ClF3N3O/c11-6-1-3-7(4-2-6)17-9(10(12,13)14)8(5-18)15-16-17/h1-5H. The summed E-state index contributed by atoms with van der Waals surface area (Å²) in [4.78, 5) is 10.5. The molecule has 0 fully saturated rings. The normalized spacial score (nSPS) is 11.6. The molecule has 0 radical (unpaired) electrons. The molecule has 0 N–H and O–H groups in total. The Morgan fingerprint density at radius 3 is 2.33 bits per heavy atom. The van der Waals surface area contributed by atoms with Gasteiger partial charge in [0.25, 0.3) is 0 Å². The Morgan fingerprint density at radius 2 is 1.83 bits per heavy atom. The van der Waals surface area contributed by atoms with E-state index in [-0.39, 0.29) is 12.0 Å². The number of rotatable bonds is 2. The third kappa shape index (κ3) is 2.21. The third-order valence-corrected chi connectivity index (χ3v) is 2.40. The summed E-state index contributed by atoms with van der Waals surface area (Å²) in [6, 6.07) is 5.53. The molecule has 0 saturated heterocycles. The quantitative estimate of drug-likeness (QED) is 0.792. The van der Waals surface area contributed by atoms with Crippen molar-refractivity contribution in [1.29, 1.82) is 0 Å². The molecule has 0 unspecified atom stereocenters. The fraction of sp³-hybridized carbons (Fsp3) is 0.100. The highest BCUT2D eigenvalue weighted by molar-refractivity contribution is 6.30. The Kier molecular flexibility index (Phi) is 3.08. The summed E-state index contributed by atoms with van der Waals surface area (Å²) in [5.41, 5.74) is -1.84. The molecule has 94 valence electrons. The van der Waals surface area contributed by atoms with Crippen LogP contribution < -0.4 is 0 Å². The molecular formula is C10H5ClF3N3O. The summed E-state index contributed by atoms with van der Waals surface area (Å²) in [6.07, 6.45) is -4.71. The van der Waals surface area contributed by atoms with Crippen LogP contribution in [0, 0.1) is 0 Å². The van der Waals surface area contributed by atoms with Gasteiger partial charge in [0.1, 0.15) is 0 Å². The topological polar surface area (TPSA) is 47.8 Å². The number of carbonyl (C=O) groups excluding carboxylic acids is 1. The summed E-state index contributed by atoms with van der Waals surface area (Å²) in [6.45, 7) is 0. The second-order valence-corrected chi connectivity index (χ2v) is 3.76. The molecule has 0 spiro atoms. The average Bonchev–Trinajstić information content (AvgIpc) is 2.73. The van der Waals surface area contributed by atoms with E-state index in [2.05, 4.69) is 10.3 Å². The van der Waals surface area contributed by atoms with E-state index in [9.17, 15) is 18.0 Å². The number of aromatic nitrogens is 3. The first kappa shape index (κ1) is 12.6. The van der Waals surface area contributed by atoms with E-state index in [0.29, 0.717) is 9.70 Å². The van der Waals surface area contributed by atoms with Crippen molar-refractivity contribution in [2.45, 2.75) is 6.18 Å². The van der Waals surface area contributed by atoms with Crippen molar-refractivity contribution in [3.8, 4) is 5.69 Å². The van der Waals surface area contributed by atoms with Gasteiger partial charge in [0.15, 0.2) is 17.7 Å². The molecule has 0 saturated carbocycles. The van der Waals surface area contributed by atoms with Crippen LogP contribution in [0.4, 0.5) is 13.2 Å². The lowest BCUT2D eigenvalue weighted by Gasteiger charge is -2.09. The van der Waals surface area contributed by atoms with E-state index in [1.54, 1.807) is 0 Å². The number of halogens is 4. The first-order valence-corrected chi connectivity index (χ1v) is 5.05. The number of benzene rings is 1. The van der Waals surface area contributed by atoms with Crippen LogP contribution in [0.15, 0.2) is 24.3 Å². The van der Waals surface area contributed by atoms with Crippen LogP contribution in [0.25, 0.3) is 5.69 Å². The van der Waals surface area contributed by atoms with Crippen LogP contribution in [-0.4, -0.2) is 21.3 Å². The zero-order chi connectivity index (χ0) is 13.3. The first-order chi connectivity index (χ1) is 8.43. The minimum atomic E-state index is -4.72. The Hall–Kier alpha value is -1.89. The number of hydrogen-bond acceptors (Lipinski definition) is 3. The molecular weight excluding hydrogens is 271 g/mol. The fourth-order valence-corrected chi connectivity index (χ4v) is 1.53. The lowest BCUT2D eigenvalue weighted by atomic mass is 10.3. The molecule has 4 nitrogen and oxygen atoms in total. The highest BCUT2D eigenvalue weighted by Crippen LogP contribution is 2.32. The van der Waals surface area contributed by atoms with Crippen molar-refractivity contribution in [2.75, 3.05) is 0 Å². The summed E-state index contributed by atoms with van der Waals surface area (Å²) in [5, 5.41) is 6.90. The van der Waals surface area contributed by atoms with Gasteiger partial charge in [0, 0.05) is 5.02 Å². The van der Waals surface area contributed by atoms with Crippen LogP contribution in [0.1, 0.15) is 16.2 Å². The average molecular weight is 276 g/mol. The highest BCUT2D eigenvalue weighted by atomic mass is 35.5. The van der Waals surface area contributed by atoms with Crippen LogP contribution >= 0.6 is 11.6 Å². The molecule has 0 atom stereocenters. The molecule has 0 aliphatic heterocycles. The van der Waals surface area contributed by atoms with Gasteiger partial charge in [-0.1, -0.05) is 16.8 Å². The van der Waals surface area contributed by atoms with Gasteiger partial charge < -0.3 is 0 Å². The predicted octanol–water partition coefficient (Wildman–Crippen LogP) is 2.75. The molecule has 1 heterocycles. The number of aldehydes is 1. The molecule has 8 heteroatoms. The largest absolute Gasteiger partial charge is 0.435 e. The van der Waals surface area contributed by atoms with Crippen molar-refractivity contribution >= 4 is 17.9 Å². The van der Waals surface area contributed by atoms with E-state index in [0.717, 1.165) is 0 Å². The number of hydrogen-bond donors (Lipinski definition) is 0. The molecule has 0 bridgehead atoms. The SMILES string of the molecule is O=Cc1nnn(-c2ccc(Cl)cc2)c1C(F)(F)F. The van der Waals surface area contributed by atoms with Crippen molar-refractivity contribution in [1.82, 2.24) is 15.0 Å². The summed E-state index contributed by atoms with van der Waals surface area (Å²) >= 11 is 5.64. The lowest BCUT2D eigenvalue weighted by Crippen LogP contribution is -2.15. The minimum Gasteiger partial charge on any atom is -0.296 e. The lowest BCUT2D eigenvalue weighted by molar-refractivity contribution is -0.143. The number of nitrogens with zero attached hydrogens (tertiary/aromatic N) is 3. The molecule has 1 aromatic heterocycles. The molecule has 18 heavy (non-hydrogen) atoms. The number of alkyl halides is 3. The minimum absolute atomic E-state index is 0.0161. The van der Waals surface area contributed by atoms with Crippen molar-refractivity contribution in [2.24, 2.45) is 0 Å². The summed E-state index contributed by atoms with van der Waals surface area (Å²) in [7, 11) is 0. The molecule has 0 amide bonds. The van der Waals surface area contributed by atoms with Crippen molar-refractivity contribution < 1.29 is 18.0 Å². The van der Waals surface area contributed by atoms with Crippen molar-refractivity contribution in [3.63, 3.8) is 0 Å². The zero-order valence-electron chi connectivity index (χ0n) is 8.65. The fourth-order valence-electron chi connectivity index (χ4n) is 1.40. The maximum Gasteiger partial charge on any atom is 0.435 e. The Balaban J connectivity index is 2.61. The van der Waals surface area contributed by atoms with Gasteiger partial charge in [-0.3, -0.25) is 4.79 Å². The van der Waals surface area contributed by atoms with Crippen LogP contribution in [0.5, 0.6) is 0 Å². The maximum atomic E-state index is 12.8. The van der Waals surface area contributed by atoms with Gasteiger partial charge in [0.05, 0.1) is 5.69 Å². The van der Waals surface area contributed by atoms with Crippen LogP contribution in [-0.2, 0) is 6.18 Å². The van der Waals surface area contributed by atoms with Crippen molar-refractivity contribution in [3.05, 3.63) is 40.7 Å². The zero-order valence-corrected chi connectivity index (χ0v) is 9.40. The van der Waals surface area contributed by atoms with Gasteiger partial charge in [-0.25, -0.2) is 4.68 Å². The Bertz CT molecular complexity index is 577.